The fraction of sp³-hybridized carbons (Fsp3) is 0.457. The van der Waals surface area contributed by atoms with Gasteiger partial charge in [-0.15, -0.1) is 0 Å². The van der Waals surface area contributed by atoms with Gasteiger partial charge in [-0.1, -0.05) is 30.3 Å². The molecule has 0 saturated heterocycles. The van der Waals surface area contributed by atoms with Crippen molar-refractivity contribution in [3.05, 3.63) is 83.4 Å². The van der Waals surface area contributed by atoms with Crippen LogP contribution in [-0.2, 0) is 16.6 Å². The smallest absolute Gasteiger partial charge is 0.341 e. The van der Waals surface area contributed by atoms with E-state index < -0.39 is 5.97 Å². The van der Waals surface area contributed by atoms with E-state index in [-0.39, 0.29) is 12.7 Å². The zero-order valence-electron chi connectivity index (χ0n) is 24.0. The topological polar surface area (TPSA) is 74.2 Å². The van der Waals surface area contributed by atoms with E-state index in [0.29, 0.717) is 29.1 Å². The zero-order chi connectivity index (χ0) is 28.4. The summed E-state index contributed by atoms with van der Waals surface area (Å²) >= 11 is 0. The van der Waals surface area contributed by atoms with Gasteiger partial charge in [0.1, 0.15) is 17.6 Å². The standard InChI is InChI=1S/C35H40O6/c1-38-32-13-7-23(17-33(32)39-2)6-12-31(27-4-3-5-30(18-27)40-22-34(36)37)41-29-10-8-28(9-11-29)35-19-24-14-25(20-35)16-26(15-24)21-35/h3-5,7-11,13,17-18,24-26,31H,6,12,14-16,19-22H2,1-2H3,(H,36,37)/t24?,25?,26?,31-,35?/m0/s1. The summed E-state index contributed by atoms with van der Waals surface area (Å²) in [4.78, 5) is 11.0. The number of benzene rings is 3. The van der Waals surface area contributed by atoms with Crippen LogP contribution in [0.4, 0.5) is 0 Å². The van der Waals surface area contributed by atoms with Gasteiger partial charge in [-0.05, 0) is 128 Å². The summed E-state index contributed by atoms with van der Waals surface area (Å²) < 4.78 is 23.0. The van der Waals surface area contributed by atoms with Crippen molar-refractivity contribution >= 4 is 5.97 Å². The van der Waals surface area contributed by atoms with Crippen molar-refractivity contribution in [1.29, 1.82) is 0 Å². The number of carboxylic acid groups (broad SMARTS) is 1. The summed E-state index contributed by atoms with van der Waals surface area (Å²) in [6.45, 7) is -0.383. The Hall–Kier alpha value is -3.67. The molecule has 0 spiro atoms. The molecule has 3 aromatic carbocycles. The fourth-order valence-corrected chi connectivity index (χ4v) is 8.09. The number of carboxylic acids is 1. The Labute approximate surface area is 242 Å². The number of methoxy groups -OCH3 is 2. The summed E-state index contributed by atoms with van der Waals surface area (Å²) in [6.07, 6.45) is 9.59. The molecule has 3 aromatic rings. The van der Waals surface area contributed by atoms with Crippen LogP contribution < -0.4 is 18.9 Å². The number of rotatable bonds is 12. The van der Waals surface area contributed by atoms with Crippen molar-refractivity contribution < 1.29 is 28.8 Å². The van der Waals surface area contributed by atoms with Gasteiger partial charge in [0.25, 0.3) is 0 Å². The fourth-order valence-electron chi connectivity index (χ4n) is 8.09. The molecule has 6 nitrogen and oxygen atoms in total. The predicted octanol–water partition coefficient (Wildman–Crippen LogP) is 7.39. The van der Waals surface area contributed by atoms with E-state index in [1.54, 1.807) is 20.3 Å². The minimum atomic E-state index is -1.00. The molecule has 216 valence electrons. The first kappa shape index (κ1) is 27.5. The number of aliphatic carboxylic acids is 1. The highest BCUT2D eigenvalue weighted by Gasteiger charge is 2.51. The molecule has 0 unspecified atom stereocenters. The lowest BCUT2D eigenvalue weighted by Gasteiger charge is -2.57. The van der Waals surface area contributed by atoms with Crippen LogP contribution in [0.1, 0.15) is 67.7 Å². The molecule has 4 bridgehead atoms. The molecule has 0 amide bonds. The van der Waals surface area contributed by atoms with Crippen molar-refractivity contribution in [1.82, 2.24) is 0 Å². The molecule has 1 N–H and O–H groups in total. The van der Waals surface area contributed by atoms with Gasteiger partial charge in [0.2, 0.25) is 0 Å². The third kappa shape index (κ3) is 6.02. The molecule has 7 rings (SSSR count). The van der Waals surface area contributed by atoms with Crippen LogP contribution in [0.5, 0.6) is 23.0 Å². The molecule has 0 heterocycles. The number of carbonyl (C=O) groups is 1. The van der Waals surface area contributed by atoms with E-state index in [4.69, 9.17) is 24.1 Å². The van der Waals surface area contributed by atoms with E-state index in [1.165, 1.54) is 44.1 Å². The Bertz CT molecular complexity index is 1330. The van der Waals surface area contributed by atoms with Gasteiger partial charge in [0.05, 0.1) is 14.2 Å². The maximum absolute atomic E-state index is 11.0. The second kappa shape index (κ2) is 11.7. The quantitative estimate of drug-likeness (QED) is 0.251. The Balaban J connectivity index is 1.21. The first-order chi connectivity index (χ1) is 19.9. The minimum Gasteiger partial charge on any atom is -0.493 e. The summed E-state index contributed by atoms with van der Waals surface area (Å²) in [5, 5.41) is 9.06. The highest BCUT2D eigenvalue weighted by atomic mass is 16.5. The second-order valence-corrected chi connectivity index (χ2v) is 12.3. The SMILES string of the molecule is COc1ccc(CC[C@H](Oc2ccc(C34CC5CC(CC(C5)C3)C4)cc2)c2cccc(OCC(=O)O)c2)cc1OC. The lowest BCUT2D eigenvalue weighted by Crippen LogP contribution is -2.48. The van der Waals surface area contributed by atoms with Crippen molar-refractivity contribution in [3.63, 3.8) is 0 Å². The first-order valence-corrected chi connectivity index (χ1v) is 14.9. The molecule has 4 aliphatic rings. The number of hydrogen-bond acceptors (Lipinski definition) is 5. The molecule has 0 aliphatic heterocycles. The van der Waals surface area contributed by atoms with Crippen molar-refractivity contribution in [2.24, 2.45) is 17.8 Å². The largest absolute Gasteiger partial charge is 0.493 e. The van der Waals surface area contributed by atoms with Gasteiger partial charge in [-0.25, -0.2) is 4.79 Å². The number of ether oxygens (including phenoxy) is 4. The molecule has 41 heavy (non-hydrogen) atoms. The van der Waals surface area contributed by atoms with Crippen LogP contribution in [0, 0.1) is 17.8 Å². The van der Waals surface area contributed by atoms with Crippen LogP contribution in [0.25, 0.3) is 0 Å². The summed E-state index contributed by atoms with van der Waals surface area (Å²) in [5.74, 6) is 4.49. The van der Waals surface area contributed by atoms with E-state index in [1.807, 2.05) is 36.4 Å². The average Bonchev–Trinajstić information content (AvgIpc) is 2.97. The molecule has 4 saturated carbocycles. The number of hydrogen-bond donors (Lipinski definition) is 1. The van der Waals surface area contributed by atoms with Gasteiger partial charge in [0.15, 0.2) is 18.1 Å². The third-order valence-electron chi connectivity index (χ3n) is 9.52. The van der Waals surface area contributed by atoms with Gasteiger partial charge < -0.3 is 24.1 Å². The van der Waals surface area contributed by atoms with Crippen LogP contribution in [0.15, 0.2) is 66.7 Å². The van der Waals surface area contributed by atoms with E-state index >= 15 is 0 Å². The molecular weight excluding hydrogens is 516 g/mol. The maximum atomic E-state index is 11.0. The highest BCUT2D eigenvalue weighted by molar-refractivity contribution is 5.68. The molecule has 1 atom stereocenters. The highest BCUT2D eigenvalue weighted by Crippen LogP contribution is 2.60. The van der Waals surface area contributed by atoms with Crippen LogP contribution in [0.2, 0.25) is 0 Å². The lowest BCUT2D eigenvalue weighted by atomic mass is 9.48. The molecule has 6 heteroatoms. The molecule has 0 aromatic heterocycles. The van der Waals surface area contributed by atoms with E-state index in [0.717, 1.165) is 41.1 Å². The molecule has 4 fully saturated rings. The summed E-state index contributed by atoms with van der Waals surface area (Å²) in [7, 11) is 3.28. The van der Waals surface area contributed by atoms with E-state index in [2.05, 4.69) is 24.3 Å². The number of aryl methyl sites for hydroxylation is 1. The molecular formula is C35H40O6. The Morgan fingerprint density at radius 3 is 2.17 bits per heavy atom. The predicted molar refractivity (Wildman–Crippen MR) is 157 cm³/mol. The average molecular weight is 557 g/mol. The van der Waals surface area contributed by atoms with Gasteiger partial charge in [-0.3, -0.25) is 0 Å². The van der Waals surface area contributed by atoms with Crippen molar-refractivity contribution in [2.75, 3.05) is 20.8 Å². The van der Waals surface area contributed by atoms with Crippen molar-refractivity contribution in [2.45, 2.75) is 62.9 Å². The van der Waals surface area contributed by atoms with Gasteiger partial charge >= 0.3 is 5.97 Å². The zero-order valence-corrected chi connectivity index (χ0v) is 24.0. The molecule has 0 radical (unpaired) electrons. The normalized spacial score (nSPS) is 25.0. The maximum Gasteiger partial charge on any atom is 0.341 e. The van der Waals surface area contributed by atoms with Crippen molar-refractivity contribution in [3.8, 4) is 23.0 Å². The monoisotopic (exact) mass is 556 g/mol. The Morgan fingerprint density at radius 1 is 0.854 bits per heavy atom. The van der Waals surface area contributed by atoms with Crippen LogP contribution >= 0.6 is 0 Å². The van der Waals surface area contributed by atoms with E-state index in [9.17, 15) is 4.79 Å². The second-order valence-electron chi connectivity index (χ2n) is 12.3. The third-order valence-corrected chi connectivity index (χ3v) is 9.52. The van der Waals surface area contributed by atoms with Gasteiger partial charge in [0, 0.05) is 0 Å². The van der Waals surface area contributed by atoms with Crippen LogP contribution in [0.3, 0.4) is 0 Å². The summed E-state index contributed by atoms with van der Waals surface area (Å²) in [5.41, 5.74) is 3.90. The Morgan fingerprint density at radius 2 is 1.54 bits per heavy atom. The van der Waals surface area contributed by atoms with Crippen LogP contribution in [-0.4, -0.2) is 31.9 Å². The first-order valence-electron chi connectivity index (χ1n) is 14.9. The molecule has 4 aliphatic carbocycles. The lowest BCUT2D eigenvalue weighted by molar-refractivity contribution is -0.139. The minimum absolute atomic E-state index is 0.248. The Kier molecular flexibility index (Phi) is 7.83. The summed E-state index contributed by atoms with van der Waals surface area (Å²) in [6, 6.07) is 22.4. The van der Waals surface area contributed by atoms with Gasteiger partial charge in [-0.2, -0.15) is 0 Å².